The van der Waals surface area contributed by atoms with E-state index in [0.717, 1.165) is 25.8 Å². The van der Waals surface area contributed by atoms with Gasteiger partial charge in [0.1, 0.15) is 5.60 Å². The van der Waals surface area contributed by atoms with Gasteiger partial charge < -0.3 is 14.7 Å². The number of hydrogen-bond donors (Lipinski definition) is 1. The van der Waals surface area contributed by atoms with E-state index in [-0.39, 0.29) is 23.8 Å². The van der Waals surface area contributed by atoms with Crippen LogP contribution in [0.5, 0.6) is 0 Å². The zero-order valence-corrected chi connectivity index (χ0v) is 11.9. The van der Waals surface area contributed by atoms with Crippen molar-refractivity contribution < 1.29 is 19.4 Å². The standard InChI is InChI=1S/C14H23NO4/c1-13(2,3)19-12(18)15-8-10(6-11(16)17)7-14(9-15)4-5-14/h10H,4-9H2,1-3H3,(H,16,17). The van der Waals surface area contributed by atoms with Crippen molar-refractivity contribution in [3.63, 3.8) is 0 Å². The minimum Gasteiger partial charge on any atom is -0.481 e. The number of carbonyl (C=O) groups excluding carboxylic acids is 1. The Balaban J connectivity index is 2.00. The molecule has 1 aliphatic heterocycles. The summed E-state index contributed by atoms with van der Waals surface area (Å²) in [5, 5.41) is 8.93. The van der Waals surface area contributed by atoms with Gasteiger partial charge in [-0.15, -0.1) is 0 Å². The monoisotopic (exact) mass is 269 g/mol. The molecule has 5 nitrogen and oxygen atoms in total. The maximum absolute atomic E-state index is 12.1. The highest BCUT2D eigenvalue weighted by Crippen LogP contribution is 2.54. The van der Waals surface area contributed by atoms with Crippen LogP contribution in [0.25, 0.3) is 0 Å². The Morgan fingerprint density at radius 2 is 2.00 bits per heavy atom. The summed E-state index contributed by atoms with van der Waals surface area (Å²) in [6, 6.07) is 0. The van der Waals surface area contributed by atoms with Gasteiger partial charge in [-0.05, 0) is 51.4 Å². The van der Waals surface area contributed by atoms with Gasteiger partial charge in [0.15, 0.2) is 0 Å². The number of carboxylic acid groups (broad SMARTS) is 1. The third kappa shape index (κ3) is 3.85. The summed E-state index contributed by atoms with van der Waals surface area (Å²) in [6.45, 7) is 6.75. The van der Waals surface area contributed by atoms with E-state index in [9.17, 15) is 9.59 Å². The van der Waals surface area contributed by atoms with Crippen LogP contribution in [0.3, 0.4) is 0 Å². The molecule has 2 aliphatic rings. The Hall–Kier alpha value is -1.26. The summed E-state index contributed by atoms with van der Waals surface area (Å²) in [7, 11) is 0. The molecular weight excluding hydrogens is 246 g/mol. The molecule has 19 heavy (non-hydrogen) atoms. The van der Waals surface area contributed by atoms with Crippen LogP contribution in [0.2, 0.25) is 0 Å². The average Bonchev–Trinajstić information content (AvgIpc) is 2.92. The quantitative estimate of drug-likeness (QED) is 0.836. The molecule has 1 saturated carbocycles. The van der Waals surface area contributed by atoms with Crippen molar-refractivity contribution in [3.05, 3.63) is 0 Å². The zero-order valence-electron chi connectivity index (χ0n) is 11.9. The number of hydrogen-bond acceptors (Lipinski definition) is 3. The Morgan fingerprint density at radius 3 is 2.47 bits per heavy atom. The molecule has 1 heterocycles. The fourth-order valence-electron chi connectivity index (χ4n) is 2.91. The number of piperidine rings is 1. The lowest BCUT2D eigenvalue weighted by molar-refractivity contribution is -0.138. The largest absolute Gasteiger partial charge is 0.481 e. The van der Waals surface area contributed by atoms with E-state index in [1.807, 2.05) is 20.8 Å². The van der Waals surface area contributed by atoms with Crippen molar-refractivity contribution in [1.82, 2.24) is 4.90 Å². The topological polar surface area (TPSA) is 66.8 Å². The number of nitrogens with zero attached hydrogens (tertiary/aromatic N) is 1. The molecule has 1 atom stereocenters. The van der Waals surface area contributed by atoms with E-state index in [0.29, 0.717) is 6.54 Å². The Morgan fingerprint density at radius 1 is 1.37 bits per heavy atom. The summed E-state index contributed by atoms with van der Waals surface area (Å²) in [5.41, 5.74) is -0.331. The summed E-state index contributed by atoms with van der Waals surface area (Å²) >= 11 is 0. The molecule has 1 unspecified atom stereocenters. The second-order valence-electron chi connectivity index (χ2n) is 7.03. The maximum atomic E-state index is 12.1. The van der Waals surface area contributed by atoms with Gasteiger partial charge in [0.05, 0.1) is 0 Å². The number of carboxylic acids is 1. The number of carbonyl (C=O) groups is 2. The van der Waals surface area contributed by atoms with Gasteiger partial charge in [-0.25, -0.2) is 4.79 Å². The molecule has 1 N–H and O–H groups in total. The fourth-order valence-corrected chi connectivity index (χ4v) is 2.91. The number of amides is 1. The Labute approximate surface area is 113 Å². The number of aliphatic carboxylic acids is 1. The minimum absolute atomic E-state index is 0.0567. The number of ether oxygens (including phenoxy) is 1. The Bertz CT molecular complexity index is 381. The molecule has 108 valence electrons. The lowest BCUT2D eigenvalue weighted by atomic mass is 9.85. The average molecular weight is 269 g/mol. The van der Waals surface area contributed by atoms with E-state index < -0.39 is 11.6 Å². The van der Waals surface area contributed by atoms with Crippen molar-refractivity contribution in [2.24, 2.45) is 11.3 Å². The molecule has 0 bridgehead atoms. The Kier molecular flexibility index (Phi) is 3.49. The lowest BCUT2D eigenvalue weighted by Gasteiger charge is -2.38. The summed E-state index contributed by atoms with van der Waals surface area (Å²) in [6.07, 6.45) is 2.96. The van der Waals surface area contributed by atoms with Crippen LogP contribution in [-0.2, 0) is 9.53 Å². The third-order valence-electron chi connectivity index (χ3n) is 3.80. The first-order chi connectivity index (χ1) is 8.69. The van der Waals surface area contributed by atoms with Crippen molar-refractivity contribution in [2.75, 3.05) is 13.1 Å². The predicted octanol–water partition coefficient (Wildman–Crippen LogP) is 2.50. The molecule has 1 spiro atoms. The third-order valence-corrected chi connectivity index (χ3v) is 3.80. The molecule has 1 saturated heterocycles. The van der Waals surface area contributed by atoms with Gasteiger partial charge in [0.25, 0.3) is 0 Å². The first-order valence-electron chi connectivity index (χ1n) is 6.89. The van der Waals surface area contributed by atoms with Crippen LogP contribution in [0, 0.1) is 11.3 Å². The molecule has 1 amide bonds. The van der Waals surface area contributed by atoms with Gasteiger partial charge in [0, 0.05) is 19.5 Å². The number of likely N-dealkylation sites (tertiary alicyclic amines) is 1. The highest BCUT2D eigenvalue weighted by molar-refractivity contribution is 5.69. The summed E-state index contributed by atoms with van der Waals surface area (Å²) in [5.74, 6) is -0.729. The minimum atomic E-state index is -0.785. The highest BCUT2D eigenvalue weighted by atomic mass is 16.6. The molecule has 0 aromatic rings. The summed E-state index contributed by atoms with van der Waals surface area (Å²) < 4.78 is 5.39. The second kappa shape index (κ2) is 4.69. The van der Waals surface area contributed by atoms with E-state index in [1.54, 1.807) is 4.90 Å². The van der Waals surface area contributed by atoms with E-state index in [2.05, 4.69) is 0 Å². The van der Waals surface area contributed by atoms with Crippen LogP contribution in [0.1, 0.15) is 46.5 Å². The molecule has 0 aromatic carbocycles. The van der Waals surface area contributed by atoms with Crippen molar-refractivity contribution in [1.29, 1.82) is 0 Å². The predicted molar refractivity (Wildman–Crippen MR) is 69.8 cm³/mol. The summed E-state index contributed by atoms with van der Waals surface area (Å²) in [4.78, 5) is 24.7. The van der Waals surface area contributed by atoms with Crippen LogP contribution in [-0.4, -0.2) is 40.8 Å². The van der Waals surface area contributed by atoms with Gasteiger partial charge in [0.2, 0.25) is 0 Å². The van der Waals surface area contributed by atoms with E-state index >= 15 is 0 Å². The smallest absolute Gasteiger partial charge is 0.410 e. The SMILES string of the molecule is CC(C)(C)OC(=O)N1CC(CC(=O)O)CC2(CC2)C1. The molecule has 5 heteroatoms. The van der Waals surface area contributed by atoms with Crippen LogP contribution in [0.15, 0.2) is 0 Å². The molecule has 0 aromatic heterocycles. The fraction of sp³-hybridized carbons (Fsp3) is 0.857. The van der Waals surface area contributed by atoms with Gasteiger partial charge in [-0.1, -0.05) is 0 Å². The molecule has 1 aliphatic carbocycles. The van der Waals surface area contributed by atoms with Crippen molar-refractivity contribution in [3.8, 4) is 0 Å². The normalized spacial score (nSPS) is 25.2. The molecule has 2 rings (SSSR count). The highest BCUT2D eigenvalue weighted by Gasteiger charge is 2.50. The van der Waals surface area contributed by atoms with Gasteiger partial charge in [-0.2, -0.15) is 0 Å². The van der Waals surface area contributed by atoms with Crippen molar-refractivity contribution >= 4 is 12.1 Å². The van der Waals surface area contributed by atoms with Crippen LogP contribution >= 0.6 is 0 Å². The van der Waals surface area contributed by atoms with Crippen LogP contribution in [0.4, 0.5) is 4.79 Å². The first kappa shape index (κ1) is 14.2. The van der Waals surface area contributed by atoms with Crippen LogP contribution < -0.4 is 0 Å². The lowest BCUT2D eigenvalue weighted by Crippen LogP contribution is -2.47. The van der Waals surface area contributed by atoms with E-state index in [4.69, 9.17) is 9.84 Å². The maximum Gasteiger partial charge on any atom is 0.410 e. The number of rotatable bonds is 2. The second-order valence-corrected chi connectivity index (χ2v) is 7.03. The van der Waals surface area contributed by atoms with Gasteiger partial charge >= 0.3 is 12.1 Å². The molecule has 0 radical (unpaired) electrons. The van der Waals surface area contributed by atoms with Crippen molar-refractivity contribution in [2.45, 2.75) is 52.1 Å². The van der Waals surface area contributed by atoms with Gasteiger partial charge in [-0.3, -0.25) is 4.79 Å². The van der Waals surface area contributed by atoms with E-state index in [1.165, 1.54) is 0 Å². The molecule has 2 fully saturated rings. The first-order valence-corrected chi connectivity index (χ1v) is 6.89. The zero-order chi connectivity index (χ0) is 14.3. The molecular formula is C14H23NO4.